The number of carbonyl (C=O) groups is 1. The molecule has 0 radical (unpaired) electrons. The van der Waals surface area contributed by atoms with E-state index in [4.69, 9.17) is 4.74 Å². The van der Waals surface area contributed by atoms with Gasteiger partial charge in [-0.2, -0.15) is 0 Å². The van der Waals surface area contributed by atoms with Crippen LogP contribution in [-0.2, 0) is 9.53 Å². The van der Waals surface area contributed by atoms with E-state index in [1.807, 2.05) is 0 Å². The van der Waals surface area contributed by atoms with Gasteiger partial charge < -0.3 is 15.2 Å². The molecular weight excluding hydrogens is 220 g/mol. The van der Waals surface area contributed by atoms with Crippen molar-refractivity contribution in [1.29, 1.82) is 0 Å². The number of rotatable bonds is 5. The second-order valence-corrected chi connectivity index (χ2v) is 5.51. The molecule has 96 valence electrons. The topological polar surface area (TPSA) is 61.8 Å². The van der Waals surface area contributed by atoms with Crippen molar-refractivity contribution in [1.82, 2.24) is 10.2 Å². The molecule has 2 N–H and O–H groups in total. The van der Waals surface area contributed by atoms with Crippen LogP contribution in [0.1, 0.15) is 25.7 Å². The lowest BCUT2D eigenvalue weighted by molar-refractivity contribution is -0.140. The van der Waals surface area contributed by atoms with Crippen molar-refractivity contribution >= 4 is 5.97 Å². The van der Waals surface area contributed by atoms with Crippen molar-refractivity contribution in [3.05, 3.63) is 0 Å². The highest BCUT2D eigenvalue weighted by molar-refractivity contribution is 5.73. The fourth-order valence-electron chi connectivity index (χ4n) is 2.84. The van der Waals surface area contributed by atoms with Crippen LogP contribution in [-0.4, -0.2) is 59.9 Å². The highest BCUT2D eigenvalue weighted by atomic mass is 16.5. The summed E-state index contributed by atoms with van der Waals surface area (Å²) in [6.45, 7) is 2.40. The fraction of sp³-hybridized carbons (Fsp3) is 0.917. The van der Waals surface area contributed by atoms with Crippen LogP contribution in [0.2, 0.25) is 0 Å². The first kappa shape index (κ1) is 11.4. The van der Waals surface area contributed by atoms with Crippen LogP contribution in [0.25, 0.3) is 0 Å². The van der Waals surface area contributed by atoms with Crippen molar-refractivity contribution in [3.63, 3.8) is 0 Å². The summed E-state index contributed by atoms with van der Waals surface area (Å²) in [4.78, 5) is 13.4. The number of hydrogen-bond acceptors (Lipinski definition) is 4. The molecule has 2 heterocycles. The minimum Gasteiger partial charge on any atom is -0.480 e. The Morgan fingerprint density at radius 1 is 1.29 bits per heavy atom. The molecule has 2 aliphatic heterocycles. The average molecular weight is 240 g/mol. The number of nitrogens with zero attached hydrogens (tertiary/aromatic N) is 1. The van der Waals surface area contributed by atoms with Crippen LogP contribution in [0.4, 0.5) is 0 Å². The Kier molecular flexibility index (Phi) is 3.06. The molecular formula is C12H20N2O3. The van der Waals surface area contributed by atoms with Crippen molar-refractivity contribution in [2.75, 3.05) is 19.6 Å². The zero-order valence-corrected chi connectivity index (χ0v) is 9.97. The van der Waals surface area contributed by atoms with Gasteiger partial charge in [-0.3, -0.25) is 9.69 Å². The normalized spacial score (nSPS) is 34.8. The van der Waals surface area contributed by atoms with Crippen LogP contribution < -0.4 is 5.32 Å². The van der Waals surface area contributed by atoms with E-state index in [1.54, 1.807) is 0 Å². The molecule has 0 aromatic rings. The van der Waals surface area contributed by atoms with Crippen LogP contribution in [0.3, 0.4) is 0 Å². The van der Waals surface area contributed by atoms with Gasteiger partial charge in [0.15, 0.2) is 0 Å². The largest absolute Gasteiger partial charge is 0.480 e. The standard InChI is InChI=1S/C12H20N2O3/c15-12(16)11(13-8-1-2-8)7-14-5-9-3-4-10(6-14)17-9/h8-11,13H,1-7H2,(H,15,16). The Morgan fingerprint density at radius 3 is 2.47 bits per heavy atom. The van der Waals surface area contributed by atoms with E-state index in [-0.39, 0.29) is 0 Å². The molecule has 0 aromatic heterocycles. The van der Waals surface area contributed by atoms with Gasteiger partial charge in [-0.15, -0.1) is 0 Å². The Labute approximate surface area is 101 Å². The maximum Gasteiger partial charge on any atom is 0.322 e. The van der Waals surface area contributed by atoms with Gasteiger partial charge in [-0.05, 0) is 25.7 Å². The number of ether oxygens (including phenoxy) is 1. The van der Waals surface area contributed by atoms with Gasteiger partial charge >= 0.3 is 5.97 Å². The summed E-state index contributed by atoms with van der Waals surface area (Å²) < 4.78 is 5.75. The fourth-order valence-corrected chi connectivity index (χ4v) is 2.84. The van der Waals surface area contributed by atoms with Gasteiger partial charge in [0.2, 0.25) is 0 Å². The SMILES string of the molecule is O=C(O)C(CN1CC2CCC(C1)O2)NC1CC1. The zero-order valence-electron chi connectivity index (χ0n) is 9.97. The molecule has 1 saturated carbocycles. The third-order valence-corrected chi connectivity index (χ3v) is 3.87. The molecule has 3 unspecified atom stereocenters. The Bertz CT molecular complexity index is 294. The molecule has 17 heavy (non-hydrogen) atoms. The third kappa shape index (κ3) is 2.78. The van der Waals surface area contributed by atoms with Crippen LogP contribution in [0.5, 0.6) is 0 Å². The molecule has 1 aliphatic carbocycles. The molecule has 2 saturated heterocycles. The number of carboxylic acid groups (broad SMARTS) is 1. The summed E-state index contributed by atoms with van der Waals surface area (Å²) in [7, 11) is 0. The molecule has 3 fully saturated rings. The maximum atomic E-state index is 11.2. The minimum atomic E-state index is -0.726. The maximum absolute atomic E-state index is 11.2. The number of aliphatic carboxylic acids is 1. The van der Waals surface area contributed by atoms with E-state index >= 15 is 0 Å². The van der Waals surface area contributed by atoms with Crippen LogP contribution in [0.15, 0.2) is 0 Å². The van der Waals surface area contributed by atoms with Gasteiger partial charge in [0.25, 0.3) is 0 Å². The quantitative estimate of drug-likeness (QED) is 0.711. The molecule has 3 rings (SSSR count). The highest BCUT2D eigenvalue weighted by Crippen LogP contribution is 2.26. The average Bonchev–Trinajstić information content (AvgIpc) is 3.03. The lowest BCUT2D eigenvalue weighted by Gasteiger charge is -2.33. The van der Waals surface area contributed by atoms with Gasteiger partial charge in [0.1, 0.15) is 6.04 Å². The van der Waals surface area contributed by atoms with E-state index in [0.717, 1.165) is 38.8 Å². The van der Waals surface area contributed by atoms with Crippen LogP contribution >= 0.6 is 0 Å². The summed E-state index contributed by atoms with van der Waals surface area (Å²) in [6.07, 6.45) is 5.19. The van der Waals surface area contributed by atoms with Crippen molar-refractivity contribution < 1.29 is 14.6 Å². The van der Waals surface area contributed by atoms with Gasteiger partial charge in [-0.25, -0.2) is 0 Å². The van der Waals surface area contributed by atoms with E-state index < -0.39 is 12.0 Å². The monoisotopic (exact) mass is 240 g/mol. The first-order valence-corrected chi connectivity index (χ1v) is 6.57. The number of hydrogen-bond donors (Lipinski definition) is 2. The van der Waals surface area contributed by atoms with Crippen molar-refractivity contribution in [2.45, 2.75) is 50.0 Å². The molecule has 5 heteroatoms. The van der Waals surface area contributed by atoms with Gasteiger partial charge in [0, 0.05) is 25.7 Å². The summed E-state index contributed by atoms with van der Waals surface area (Å²) >= 11 is 0. The van der Waals surface area contributed by atoms with Gasteiger partial charge in [0.05, 0.1) is 12.2 Å². The molecule has 5 nitrogen and oxygen atoms in total. The van der Waals surface area contributed by atoms with E-state index in [2.05, 4.69) is 10.2 Å². The summed E-state index contributed by atoms with van der Waals surface area (Å²) in [6, 6.07) is 0.0221. The summed E-state index contributed by atoms with van der Waals surface area (Å²) in [5.41, 5.74) is 0. The van der Waals surface area contributed by atoms with E-state index in [9.17, 15) is 9.90 Å². The van der Waals surface area contributed by atoms with Crippen molar-refractivity contribution in [3.8, 4) is 0 Å². The Morgan fingerprint density at radius 2 is 1.94 bits per heavy atom. The smallest absolute Gasteiger partial charge is 0.322 e. The number of nitrogens with one attached hydrogen (secondary N) is 1. The number of likely N-dealkylation sites (tertiary alicyclic amines) is 1. The Hall–Kier alpha value is -0.650. The number of carboxylic acids is 1. The Balaban J connectivity index is 1.54. The first-order chi connectivity index (χ1) is 8.20. The predicted molar refractivity (Wildman–Crippen MR) is 61.9 cm³/mol. The van der Waals surface area contributed by atoms with Crippen LogP contribution in [0, 0.1) is 0 Å². The molecule has 3 atom stereocenters. The lowest BCUT2D eigenvalue weighted by atomic mass is 10.2. The second kappa shape index (κ2) is 4.55. The molecule has 0 amide bonds. The van der Waals surface area contributed by atoms with Gasteiger partial charge in [-0.1, -0.05) is 0 Å². The number of fused-ring (bicyclic) bond motifs is 2. The van der Waals surface area contributed by atoms with Crippen molar-refractivity contribution in [2.24, 2.45) is 0 Å². The lowest BCUT2D eigenvalue weighted by Crippen LogP contribution is -2.51. The van der Waals surface area contributed by atoms with E-state index in [1.165, 1.54) is 0 Å². The first-order valence-electron chi connectivity index (χ1n) is 6.57. The predicted octanol–water partition coefficient (Wildman–Crippen LogP) is 0.0548. The highest BCUT2D eigenvalue weighted by Gasteiger charge is 2.36. The second-order valence-electron chi connectivity index (χ2n) is 5.51. The molecule has 2 bridgehead atoms. The molecule has 3 aliphatic rings. The summed E-state index contributed by atoms with van der Waals surface area (Å²) in [5.74, 6) is -0.726. The summed E-state index contributed by atoms with van der Waals surface area (Å²) in [5, 5.41) is 12.4. The third-order valence-electron chi connectivity index (χ3n) is 3.87. The molecule has 0 aromatic carbocycles. The zero-order chi connectivity index (χ0) is 11.8. The molecule has 0 spiro atoms. The minimum absolute atomic E-state index is 0.337. The number of morpholine rings is 1. The van der Waals surface area contributed by atoms with E-state index in [0.29, 0.717) is 24.8 Å².